The van der Waals surface area contributed by atoms with Gasteiger partial charge in [0.15, 0.2) is 0 Å². The van der Waals surface area contributed by atoms with Crippen LogP contribution in [0.5, 0.6) is 0 Å². The van der Waals surface area contributed by atoms with Gasteiger partial charge in [-0.2, -0.15) is 8.42 Å². The molecule has 0 aliphatic heterocycles. The summed E-state index contributed by atoms with van der Waals surface area (Å²) in [5.74, 6) is -1.53. The van der Waals surface area contributed by atoms with E-state index in [1.165, 1.54) is 128 Å². The Morgan fingerprint density at radius 2 is 0.977 bits per heavy atom. The van der Waals surface area contributed by atoms with E-state index in [9.17, 15) is 28.0 Å². The fraction of sp³-hybridized carbons (Fsp3) is 0.917. The number of unbranched alkanes of at least 4 members (excludes halogenated alkanes) is 24. The van der Waals surface area contributed by atoms with E-state index in [1.807, 2.05) is 0 Å². The van der Waals surface area contributed by atoms with Crippen LogP contribution in [0.3, 0.4) is 0 Å². The first-order valence-corrected chi connectivity index (χ1v) is 20.1. The van der Waals surface area contributed by atoms with E-state index in [2.05, 4.69) is 19.2 Å². The van der Waals surface area contributed by atoms with Crippen LogP contribution in [0.4, 0.5) is 0 Å². The number of aliphatic hydroxyl groups excluding tert-OH is 2. The van der Waals surface area contributed by atoms with Crippen LogP contribution < -0.4 is 5.32 Å². The molecule has 0 aliphatic carbocycles. The second-order valence-corrected chi connectivity index (χ2v) is 14.5. The van der Waals surface area contributed by atoms with Crippen molar-refractivity contribution in [2.75, 3.05) is 5.75 Å². The van der Waals surface area contributed by atoms with E-state index in [0.29, 0.717) is 6.42 Å². The van der Waals surface area contributed by atoms with Crippen molar-refractivity contribution in [2.45, 2.75) is 205 Å². The van der Waals surface area contributed by atoms with Crippen molar-refractivity contribution in [1.29, 1.82) is 0 Å². The van der Waals surface area contributed by atoms with Gasteiger partial charge in [0.25, 0.3) is 10.1 Å². The maximum absolute atomic E-state index is 12.5. The van der Waals surface area contributed by atoms with E-state index in [-0.39, 0.29) is 6.42 Å². The number of nitrogens with one attached hydrogen (secondary N) is 1. The smallest absolute Gasteiger partial charge is 0.267 e. The van der Waals surface area contributed by atoms with Crippen molar-refractivity contribution in [1.82, 2.24) is 5.32 Å². The average Bonchev–Trinajstić information content (AvgIpc) is 2.98. The fourth-order valence-electron chi connectivity index (χ4n) is 5.69. The highest BCUT2D eigenvalue weighted by Gasteiger charge is 2.27. The van der Waals surface area contributed by atoms with Gasteiger partial charge in [0.05, 0.1) is 17.9 Å². The number of carbonyl (C=O) groups is 1. The number of allylic oxidation sites excluding steroid dienone is 1. The van der Waals surface area contributed by atoms with Crippen LogP contribution in [0.1, 0.15) is 187 Å². The van der Waals surface area contributed by atoms with Crippen LogP contribution in [0.2, 0.25) is 0 Å². The molecular formula is C36H71NO6S. The summed E-state index contributed by atoms with van der Waals surface area (Å²) in [6.45, 7) is 4.47. The first kappa shape index (κ1) is 43.0. The zero-order valence-corrected chi connectivity index (χ0v) is 29.5. The van der Waals surface area contributed by atoms with Gasteiger partial charge in [-0.3, -0.25) is 9.35 Å². The fourth-order valence-corrected chi connectivity index (χ4v) is 6.43. The summed E-state index contributed by atoms with van der Waals surface area (Å²) in [4.78, 5) is 12.5. The third-order valence-corrected chi connectivity index (χ3v) is 9.35. The first-order valence-electron chi connectivity index (χ1n) is 18.5. The van der Waals surface area contributed by atoms with Crippen LogP contribution in [0.15, 0.2) is 12.2 Å². The summed E-state index contributed by atoms with van der Waals surface area (Å²) in [5.41, 5.74) is 0. The number of amides is 1. The maximum atomic E-state index is 12.5. The Kier molecular flexibility index (Phi) is 30.0. The molecule has 8 heteroatoms. The standard InChI is InChI=1S/C36H71NO6S/c1-3-5-7-9-11-13-15-16-17-18-19-20-21-23-24-26-28-30-34(38)33(32-44(41,42)43)37-36(40)35(39)31-29-27-25-22-14-12-10-8-6-4-2/h28,30,33-35,38-39H,3-27,29,31-32H2,1-2H3,(H,37,40)(H,41,42,43)/b30-28+. The second kappa shape index (κ2) is 30.7. The van der Waals surface area contributed by atoms with Crippen LogP contribution in [0.25, 0.3) is 0 Å². The molecule has 0 heterocycles. The third kappa shape index (κ3) is 29.7. The number of hydrogen-bond acceptors (Lipinski definition) is 5. The molecule has 1 amide bonds. The minimum atomic E-state index is -4.43. The Balaban J connectivity index is 4.08. The number of aliphatic hydroxyl groups is 2. The number of carbonyl (C=O) groups excluding carboxylic acids is 1. The van der Waals surface area contributed by atoms with Gasteiger partial charge in [-0.25, -0.2) is 0 Å². The van der Waals surface area contributed by atoms with E-state index < -0.39 is 40.0 Å². The van der Waals surface area contributed by atoms with Crippen molar-refractivity contribution < 1.29 is 28.0 Å². The van der Waals surface area contributed by atoms with Gasteiger partial charge in [-0.1, -0.05) is 180 Å². The Morgan fingerprint density at radius 1 is 0.614 bits per heavy atom. The summed E-state index contributed by atoms with van der Waals surface area (Å²) in [6.07, 6.45) is 32.7. The van der Waals surface area contributed by atoms with Crippen molar-refractivity contribution in [2.24, 2.45) is 0 Å². The second-order valence-electron chi connectivity index (χ2n) is 13.0. The highest BCUT2D eigenvalue weighted by Crippen LogP contribution is 2.15. The minimum Gasteiger partial charge on any atom is -0.387 e. The van der Waals surface area contributed by atoms with Gasteiger partial charge in [0.1, 0.15) is 6.10 Å². The van der Waals surface area contributed by atoms with Crippen LogP contribution >= 0.6 is 0 Å². The molecular weight excluding hydrogens is 574 g/mol. The highest BCUT2D eigenvalue weighted by atomic mass is 32.2. The van der Waals surface area contributed by atoms with E-state index in [0.717, 1.165) is 38.5 Å². The number of rotatable bonds is 33. The van der Waals surface area contributed by atoms with Gasteiger partial charge >= 0.3 is 0 Å². The van der Waals surface area contributed by atoms with Crippen molar-refractivity contribution in [3.63, 3.8) is 0 Å². The summed E-state index contributed by atoms with van der Waals surface area (Å²) >= 11 is 0. The molecule has 0 rings (SSSR count). The van der Waals surface area contributed by atoms with Gasteiger partial charge in [0.2, 0.25) is 5.91 Å². The molecule has 262 valence electrons. The maximum Gasteiger partial charge on any atom is 0.267 e. The summed E-state index contributed by atoms with van der Waals surface area (Å²) in [6, 6.07) is -1.22. The van der Waals surface area contributed by atoms with E-state index >= 15 is 0 Å². The first-order chi connectivity index (χ1) is 21.2. The topological polar surface area (TPSA) is 124 Å². The lowest BCUT2D eigenvalue weighted by molar-refractivity contribution is -0.130. The molecule has 3 unspecified atom stereocenters. The van der Waals surface area contributed by atoms with Crippen LogP contribution in [-0.2, 0) is 14.9 Å². The Morgan fingerprint density at radius 3 is 1.36 bits per heavy atom. The van der Waals surface area contributed by atoms with Crippen LogP contribution in [-0.4, -0.2) is 53.1 Å². The molecule has 0 radical (unpaired) electrons. The Labute approximate surface area is 272 Å². The van der Waals surface area contributed by atoms with E-state index in [1.54, 1.807) is 6.08 Å². The molecule has 7 nitrogen and oxygen atoms in total. The van der Waals surface area contributed by atoms with Crippen LogP contribution in [0, 0.1) is 0 Å². The molecule has 0 aromatic carbocycles. The molecule has 0 aromatic rings. The van der Waals surface area contributed by atoms with Gasteiger partial charge in [-0.15, -0.1) is 0 Å². The van der Waals surface area contributed by atoms with Crippen molar-refractivity contribution >= 4 is 16.0 Å². The molecule has 0 bridgehead atoms. The normalized spacial score (nSPS) is 14.2. The summed E-state index contributed by atoms with van der Waals surface area (Å²) in [5, 5.41) is 23.2. The molecule has 0 aromatic heterocycles. The predicted octanol–water partition coefficient (Wildman–Crippen LogP) is 9.21. The van der Waals surface area contributed by atoms with Gasteiger partial charge in [-0.05, 0) is 19.3 Å². The zero-order chi connectivity index (χ0) is 32.7. The molecule has 0 spiro atoms. The lowest BCUT2D eigenvalue weighted by atomic mass is 10.0. The monoisotopic (exact) mass is 646 g/mol. The molecule has 4 N–H and O–H groups in total. The predicted molar refractivity (Wildman–Crippen MR) is 186 cm³/mol. The largest absolute Gasteiger partial charge is 0.387 e. The van der Waals surface area contributed by atoms with E-state index in [4.69, 9.17) is 0 Å². The Bertz CT molecular complexity index is 773. The van der Waals surface area contributed by atoms with Crippen molar-refractivity contribution in [3.05, 3.63) is 12.2 Å². The van der Waals surface area contributed by atoms with Gasteiger partial charge < -0.3 is 15.5 Å². The lowest BCUT2D eigenvalue weighted by Crippen LogP contribution is -2.50. The molecule has 0 fully saturated rings. The average molecular weight is 646 g/mol. The minimum absolute atomic E-state index is 0.284. The highest BCUT2D eigenvalue weighted by molar-refractivity contribution is 7.85. The molecule has 0 saturated carbocycles. The zero-order valence-electron chi connectivity index (χ0n) is 28.7. The molecule has 0 aliphatic rings. The quantitative estimate of drug-likeness (QED) is 0.0320. The molecule has 3 atom stereocenters. The molecule has 0 saturated heterocycles. The third-order valence-electron chi connectivity index (χ3n) is 8.57. The van der Waals surface area contributed by atoms with Crippen molar-refractivity contribution in [3.8, 4) is 0 Å². The van der Waals surface area contributed by atoms with Gasteiger partial charge in [0, 0.05) is 0 Å². The number of hydrogen-bond donors (Lipinski definition) is 4. The summed E-state index contributed by atoms with van der Waals surface area (Å²) < 4.78 is 32.4. The summed E-state index contributed by atoms with van der Waals surface area (Å²) in [7, 11) is -4.43. The molecule has 44 heavy (non-hydrogen) atoms. The lowest BCUT2D eigenvalue weighted by Gasteiger charge is -2.22. The SMILES string of the molecule is CCCCCCCCCCCCCCCCC/C=C/C(O)C(CS(=O)(=O)O)NC(=O)C(O)CCCCCCCCCCCC. The Hall–Kier alpha value is -0.960.